The topological polar surface area (TPSA) is 58.6 Å². The molecule has 1 fully saturated rings. The van der Waals surface area contributed by atoms with Crippen molar-refractivity contribution in [3.05, 3.63) is 35.2 Å². The molecule has 1 aliphatic rings. The number of piperidine rings is 1. The summed E-state index contributed by atoms with van der Waals surface area (Å²) in [6.07, 6.45) is 1.35. The van der Waals surface area contributed by atoms with Crippen molar-refractivity contribution in [3.63, 3.8) is 0 Å². The number of ether oxygens (including phenoxy) is 1. The van der Waals surface area contributed by atoms with Crippen LogP contribution in [-0.2, 0) is 16.1 Å². The van der Waals surface area contributed by atoms with E-state index in [1.165, 1.54) is 10.1 Å². The Morgan fingerprint density at radius 2 is 2.04 bits per heavy atom. The summed E-state index contributed by atoms with van der Waals surface area (Å²) in [4.78, 5) is 25.9. The average Bonchev–Trinajstić information content (AvgIpc) is 3.03. The standard InChI is InChI=1S/C18H22N2O3S/c1-2-23-17(21)13-7-9-20(10-8-13)18(22)19-11-14-12-24-16-6-4-3-5-15(14)16/h3-6,12-13H,2,7-11H2,1H3,(H,19,22). The van der Waals surface area contributed by atoms with Crippen LogP contribution < -0.4 is 5.32 Å². The number of urea groups is 1. The molecule has 5 nitrogen and oxygen atoms in total. The van der Waals surface area contributed by atoms with Gasteiger partial charge in [-0.2, -0.15) is 0 Å². The lowest BCUT2D eigenvalue weighted by atomic mass is 9.97. The second-order valence-corrected chi connectivity index (χ2v) is 6.84. The Labute approximate surface area is 145 Å². The number of likely N-dealkylation sites (tertiary alicyclic amines) is 1. The van der Waals surface area contributed by atoms with Gasteiger partial charge in [0.1, 0.15) is 0 Å². The molecule has 128 valence electrons. The van der Waals surface area contributed by atoms with Gasteiger partial charge >= 0.3 is 12.0 Å². The number of fused-ring (bicyclic) bond motifs is 1. The van der Waals surface area contributed by atoms with Gasteiger partial charge in [0.05, 0.1) is 12.5 Å². The summed E-state index contributed by atoms with van der Waals surface area (Å²) >= 11 is 1.69. The Hall–Kier alpha value is -2.08. The van der Waals surface area contributed by atoms with Gasteiger partial charge < -0.3 is 15.0 Å². The summed E-state index contributed by atoms with van der Waals surface area (Å²) in [5.41, 5.74) is 1.14. The Morgan fingerprint density at radius 3 is 2.79 bits per heavy atom. The number of amides is 2. The van der Waals surface area contributed by atoms with Gasteiger partial charge in [-0.3, -0.25) is 4.79 Å². The van der Waals surface area contributed by atoms with Gasteiger partial charge in [-0.15, -0.1) is 11.3 Å². The number of hydrogen-bond acceptors (Lipinski definition) is 4. The van der Waals surface area contributed by atoms with Gasteiger partial charge in [-0.25, -0.2) is 4.79 Å². The lowest BCUT2D eigenvalue weighted by Crippen LogP contribution is -2.45. The van der Waals surface area contributed by atoms with E-state index in [-0.39, 0.29) is 17.9 Å². The van der Waals surface area contributed by atoms with E-state index in [4.69, 9.17) is 4.74 Å². The van der Waals surface area contributed by atoms with Gasteiger partial charge in [0.15, 0.2) is 0 Å². The Morgan fingerprint density at radius 1 is 1.29 bits per heavy atom. The minimum Gasteiger partial charge on any atom is -0.466 e. The van der Waals surface area contributed by atoms with Crippen LogP contribution in [0.25, 0.3) is 10.1 Å². The average molecular weight is 346 g/mol. The van der Waals surface area contributed by atoms with Crippen LogP contribution in [0.3, 0.4) is 0 Å². The number of nitrogens with zero attached hydrogens (tertiary/aromatic N) is 1. The third-order valence-corrected chi connectivity index (χ3v) is 5.41. The fraction of sp³-hybridized carbons (Fsp3) is 0.444. The molecule has 2 heterocycles. The summed E-state index contributed by atoms with van der Waals surface area (Å²) in [6, 6.07) is 8.14. The van der Waals surface area contributed by atoms with E-state index in [1.807, 2.05) is 19.1 Å². The molecule has 24 heavy (non-hydrogen) atoms. The molecule has 1 saturated heterocycles. The van der Waals surface area contributed by atoms with Crippen LogP contribution in [0.1, 0.15) is 25.3 Å². The number of nitrogens with one attached hydrogen (secondary N) is 1. The highest BCUT2D eigenvalue weighted by Crippen LogP contribution is 2.25. The molecule has 2 amide bonds. The molecule has 0 unspecified atom stereocenters. The Bertz CT molecular complexity index is 720. The van der Waals surface area contributed by atoms with Crippen molar-refractivity contribution in [2.45, 2.75) is 26.3 Å². The number of carbonyl (C=O) groups excluding carboxylic acids is 2. The van der Waals surface area contributed by atoms with E-state index in [9.17, 15) is 9.59 Å². The molecule has 1 aromatic carbocycles. The number of thiophene rings is 1. The second kappa shape index (κ2) is 7.66. The first-order valence-corrected chi connectivity index (χ1v) is 9.21. The minimum atomic E-state index is -0.137. The highest BCUT2D eigenvalue weighted by atomic mass is 32.1. The number of benzene rings is 1. The van der Waals surface area contributed by atoms with E-state index in [0.29, 0.717) is 39.1 Å². The molecule has 6 heteroatoms. The lowest BCUT2D eigenvalue weighted by molar-refractivity contribution is -0.149. The molecule has 0 atom stereocenters. The van der Waals surface area contributed by atoms with Crippen molar-refractivity contribution >= 4 is 33.4 Å². The fourth-order valence-electron chi connectivity index (χ4n) is 3.03. The number of hydrogen-bond donors (Lipinski definition) is 1. The van der Waals surface area contributed by atoms with Crippen LogP contribution >= 0.6 is 11.3 Å². The van der Waals surface area contributed by atoms with Gasteiger partial charge in [-0.1, -0.05) is 18.2 Å². The zero-order valence-electron chi connectivity index (χ0n) is 13.8. The zero-order valence-corrected chi connectivity index (χ0v) is 14.6. The van der Waals surface area contributed by atoms with Crippen molar-refractivity contribution in [2.24, 2.45) is 5.92 Å². The van der Waals surface area contributed by atoms with E-state index < -0.39 is 0 Å². The summed E-state index contributed by atoms with van der Waals surface area (Å²) in [7, 11) is 0. The normalized spacial score (nSPS) is 15.5. The van der Waals surface area contributed by atoms with Gasteiger partial charge in [0, 0.05) is 24.3 Å². The maximum atomic E-state index is 12.3. The molecule has 0 radical (unpaired) electrons. The van der Waals surface area contributed by atoms with Gasteiger partial charge in [0.2, 0.25) is 0 Å². The fourth-order valence-corrected chi connectivity index (χ4v) is 3.99. The molecule has 0 bridgehead atoms. The smallest absolute Gasteiger partial charge is 0.317 e. The summed E-state index contributed by atoms with van der Waals surface area (Å²) < 4.78 is 6.29. The first kappa shape index (κ1) is 16.8. The summed E-state index contributed by atoms with van der Waals surface area (Å²) in [5, 5.41) is 6.29. The minimum absolute atomic E-state index is 0.0624. The van der Waals surface area contributed by atoms with Gasteiger partial charge in [0.25, 0.3) is 0 Å². The monoisotopic (exact) mass is 346 g/mol. The van der Waals surface area contributed by atoms with Crippen LogP contribution in [0.2, 0.25) is 0 Å². The molecule has 1 N–H and O–H groups in total. The van der Waals surface area contributed by atoms with Crippen LogP contribution in [0.15, 0.2) is 29.6 Å². The van der Waals surface area contributed by atoms with Crippen molar-refractivity contribution in [3.8, 4) is 0 Å². The van der Waals surface area contributed by atoms with Crippen molar-refractivity contribution < 1.29 is 14.3 Å². The van der Waals surface area contributed by atoms with Crippen LogP contribution in [0, 0.1) is 5.92 Å². The van der Waals surface area contributed by atoms with Crippen molar-refractivity contribution in [1.29, 1.82) is 0 Å². The van der Waals surface area contributed by atoms with Crippen LogP contribution in [0.5, 0.6) is 0 Å². The first-order valence-electron chi connectivity index (χ1n) is 8.33. The molecule has 0 spiro atoms. The Kier molecular flexibility index (Phi) is 5.35. The molecule has 3 rings (SSSR count). The van der Waals surface area contributed by atoms with Crippen LogP contribution in [0.4, 0.5) is 4.79 Å². The van der Waals surface area contributed by atoms with Crippen molar-refractivity contribution in [1.82, 2.24) is 10.2 Å². The SMILES string of the molecule is CCOC(=O)C1CCN(C(=O)NCc2csc3ccccc23)CC1. The first-order chi connectivity index (χ1) is 11.7. The molecule has 1 aromatic heterocycles. The highest BCUT2D eigenvalue weighted by molar-refractivity contribution is 7.17. The van der Waals surface area contributed by atoms with E-state index in [0.717, 1.165) is 5.56 Å². The quantitative estimate of drug-likeness (QED) is 0.864. The third kappa shape index (κ3) is 3.70. The number of esters is 1. The van der Waals surface area contributed by atoms with E-state index in [2.05, 4.69) is 22.8 Å². The van der Waals surface area contributed by atoms with E-state index >= 15 is 0 Å². The predicted octanol–water partition coefficient (Wildman–Crippen LogP) is 3.39. The lowest BCUT2D eigenvalue weighted by Gasteiger charge is -2.30. The van der Waals surface area contributed by atoms with E-state index in [1.54, 1.807) is 16.2 Å². The maximum Gasteiger partial charge on any atom is 0.317 e. The number of carbonyl (C=O) groups is 2. The second-order valence-electron chi connectivity index (χ2n) is 5.93. The molecular formula is C18H22N2O3S. The maximum absolute atomic E-state index is 12.3. The van der Waals surface area contributed by atoms with Crippen LogP contribution in [-0.4, -0.2) is 36.6 Å². The largest absolute Gasteiger partial charge is 0.466 e. The molecular weight excluding hydrogens is 324 g/mol. The Balaban J connectivity index is 1.50. The van der Waals surface area contributed by atoms with Gasteiger partial charge in [-0.05, 0) is 42.2 Å². The number of rotatable bonds is 4. The summed E-state index contributed by atoms with van der Waals surface area (Å²) in [5.74, 6) is -0.211. The third-order valence-electron chi connectivity index (χ3n) is 4.39. The molecule has 0 saturated carbocycles. The summed E-state index contributed by atoms with van der Waals surface area (Å²) in [6.45, 7) is 3.95. The molecule has 0 aliphatic carbocycles. The highest BCUT2D eigenvalue weighted by Gasteiger charge is 2.28. The predicted molar refractivity (Wildman–Crippen MR) is 95.0 cm³/mol. The zero-order chi connectivity index (χ0) is 16.9. The molecule has 2 aromatic rings. The van der Waals surface area contributed by atoms with Crippen molar-refractivity contribution in [2.75, 3.05) is 19.7 Å². The molecule has 1 aliphatic heterocycles.